The standard InChI is InChI=1S/C11H6BrF4NS/c12-6-4-18-3-5(6)2-17-11-9(15)7(13)1-8(14)10(11)16/h1,3-4,17H,2H2. The van der Waals surface area contributed by atoms with Gasteiger partial charge in [-0.2, -0.15) is 11.3 Å². The van der Waals surface area contributed by atoms with Crippen LogP contribution in [0, 0.1) is 23.3 Å². The average Bonchev–Trinajstić information content (AvgIpc) is 2.73. The van der Waals surface area contributed by atoms with Crippen LogP contribution in [-0.2, 0) is 6.54 Å². The van der Waals surface area contributed by atoms with Crippen molar-refractivity contribution in [2.45, 2.75) is 6.54 Å². The number of halogens is 5. The van der Waals surface area contributed by atoms with E-state index in [4.69, 9.17) is 0 Å². The molecule has 0 saturated heterocycles. The number of rotatable bonds is 3. The second-order valence-electron chi connectivity index (χ2n) is 3.44. The smallest absolute Gasteiger partial charge is 0.185 e. The zero-order valence-electron chi connectivity index (χ0n) is 8.74. The van der Waals surface area contributed by atoms with Gasteiger partial charge in [-0.15, -0.1) is 0 Å². The molecule has 2 aromatic rings. The highest BCUT2D eigenvalue weighted by molar-refractivity contribution is 9.10. The predicted molar refractivity (Wildman–Crippen MR) is 65.6 cm³/mol. The van der Waals surface area contributed by atoms with Crippen molar-refractivity contribution in [2.24, 2.45) is 0 Å². The van der Waals surface area contributed by atoms with Gasteiger partial charge in [-0.3, -0.25) is 0 Å². The van der Waals surface area contributed by atoms with Gasteiger partial charge in [0.15, 0.2) is 23.3 Å². The third-order valence-electron chi connectivity index (χ3n) is 2.26. The van der Waals surface area contributed by atoms with Crippen molar-refractivity contribution in [3.63, 3.8) is 0 Å². The average molecular weight is 340 g/mol. The lowest BCUT2D eigenvalue weighted by Gasteiger charge is -2.09. The quantitative estimate of drug-likeness (QED) is 0.632. The summed E-state index contributed by atoms with van der Waals surface area (Å²) in [6, 6.07) is 0.177. The Balaban J connectivity index is 2.27. The minimum absolute atomic E-state index is 0.0564. The van der Waals surface area contributed by atoms with Crippen LogP contribution < -0.4 is 5.32 Å². The largest absolute Gasteiger partial charge is 0.376 e. The van der Waals surface area contributed by atoms with Gasteiger partial charge in [-0.25, -0.2) is 17.6 Å². The lowest BCUT2D eigenvalue weighted by atomic mass is 10.2. The van der Waals surface area contributed by atoms with E-state index in [1.54, 1.807) is 10.8 Å². The van der Waals surface area contributed by atoms with E-state index < -0.39 is 29.0 Å². The molecule has 0 aliphatic heterocycles. The summed E-state index contributed by atoms with van der Waals surface area (Å²) in [4.78, 5) is 0. The summed E-state index contributed by atoms with van der Waals surface area (Å²) in [7, 11) is 0. The molecule has 7 heteroatoms. The number of thiophene rings is 1. The molecule has 1 nitrogen and oxygen atoms in total. The van der Waals surface area contributed by atoms with Crippen LogP contribution in [0.25, 0.3) is 0 Å². The SMILES string of the molecule is Fc1cc(F)c(F)c(NCc2cscc2Br)c1F. The van der Waals surface area contributed by atoms with Gasteiger partial charge >= 0.3 is 0 Å². The van der Waals surface area contributed by atoms with Gasteiger partial charge in [-0.1, -0.05) is 0 Å². The first-order valence-electron chi connectivity index (χ1n) is 4.78. The van der Waals surface area contributed by atoms with Gasteiger partial charge in [-0.05, 0) is 26.9 Å². The number of hydrogen-bond acceptors (Lipinski definition) is 2. The highest BCUT2D eigenvalue weighted by Gasteiger charge is 2.18. The molecule has 0 unspecified atom stereocenters. The molecule has 96 valence electrons. The van der Waals surface area contributed by atoms with E-state index >= 15 is 0 Å². The van der Waals surface area contributed by atoms with Gasteiger partial charge in [0.2, 0.25) is 0 Å². The Hall–Kier alpha value is -1.08. The van der Waals surface area contributed by atoms with Gasteiger partial charge in [0.25, 0.3) is 0 Å². The van der Waals surface area contributed by atoms with Gasteiger partial charge in [0.05, 0.1) is 0 Å². The van der Waals surface area contributed by atoms with Crippen molar-refractivity contribution in [1.82, 2.24) is 0 Å². The van der Waals surface area contributed by atoms with Crippen LogP contribution in [-0.4, -0.2) is 0 Å². The molecule has 0 atom stereocenters. The summed E-state index contributed by atoms with van der Waals surface area (Å²) < 4.78 is 53.3. The number of anilines is 1. The van der Waals surface area contributed by atoms with E-state index in [2.05, 4.69) is 21.2 Å². The summed E-state index contributed by atoms with van der Waals surface area (Å²) in [5.41, 5.74) is -0.0610. The molecule has 1 aromatic heterocycles. The Labute approximate surface area is 113 Å². The van der Waals surface area contributed by atoms with Crippen molar-refractivity contribution >= 4 is 33.0 Å². The van der Waals surface area contributed by atoms with Crippen molar-refractivity contribution < 1.29 is 17.6 Å². The van der Waals surface area contributed by atoms with Gasteiger partial charge in [0, 0.05) is 22.5 Å². The molecule has 0 fully saturated rings. The molecular formula is C11H6BrF4NS. The molecular weight excluding hydrogens is 334 g/mol. The summed E-state index contributed by atoms with van der Waals surface area (Å²) in [5.74, 6) is -5.72. The number of nitrogens with one attached hydrogen (secondary N) is 1. The van der Waals surface area contributed by atoms with Gasteiger partial charge < -0.3 is 5.32 Å². The molecule has 1 N–H and O–H groups in total. The Morgan fingerprint density at radius 3 is 2.17 bits per heavy atom. The molecule has 0 aliphatic rings. The van der Waals surface area contributed by atoms with E-state index in [1.165, 1.54) is 11.3 Å². The molecule has 0 saturated carbocycles. The summed E-state index contributed by atoms with van der Waals surface area (Å²) in [6.07, 6.45) is 0. The fraction of sp³-hybridized carbons (Fsp3) is 0.0909. The third-order valence-corrected chi connectivity index (χ3v) is 4.09. The van der Waals surface area contributed by atoms with Crippen molar-refractivity contribution in [3.05, 3.63) is 50.1 Å². The first-order valence-corrected chi connectivity index (χ1v) is 6.51. The topological polar surface area (TPSA) is 12.0 Å². The Kier molecular flexibility index (Phi) is 3.91. The molecule has 0 amide bonds. The normalized spacial score (nSPS) is 10.7. The van der Waals surface area contributed by atoms with Crippen molar-refractivity contribution in [1.29, 1.82) is 0 Å². The lowest BCUT2D eigenvalue weighted by molar-refractivity contribution is 0.458. The van der Waals surface area contributed by atoms with Crippen molar-refractivity contribution in [2.75, 3.05) is 5.32 Å². The highest BCUT2D eigenvalue weighted by atomic mass is 79.9. The summed E-state index contributed by atoms with van der Waals surface area (Å²) in [6.45, 7) is 0.0564. The Morgan fingerprint density at radius 1 is 1.06 bits per heavy atom. The fourth-order valence-electron chi connectivity index (χ4n) is 1.35. The maximum atomic E-state index is 13.3. The molecule has 0 bridgehead atoms. The molecule has 0 aliphatic carbocycles. The first-order chi connectivity index (χ1) is 8.50. The fourth-order valence-corrected chi connectivity index (χ4v) is 2.79. The maximum Gasteiger partial charge on any atom is 0.185 e. The van der Waals surface area contributed by atoms with E-state index in [0.717, 1.165) is 10.0 Å². The van der Waals surface area contributed by atoms with Crippen LogP contribution in [0.5, 0.6) is 0 Å². The Bertz CT molecular complexity index is 558. The summed E-state index contributed by atoms with van der Waals surface area (Å²) >= 11 is 4.63. The highest BCUT2D eigenvalue weighted by Crippen LogP contribution is 2.27. The van der Waals surface area contributed by atoms with Crippen LogP contribution in [0.2, 0.25) is 0 Å². The second-order valence-corrected chi connectivity index (χ2v) is 5.04. The second kappa shape index (κ2) is 5.27. The summed E-state index contributed by atoms with van der Waals surface area (Å²) in [5, 5.41) is 5.89. The van der Waals surface area contributed by atoms with Crippen LogP contribution in [0.4, 0.5) is 23.2 Å². The molecule has 1 heterocycles. The van der Waals surface area contributed by atoms with Crippen LogP contribution >= 0.6 is 27.3 Å². The van der Waals surface area contributed by atoms with Crippen LogP contribution in [0.3, 0.4) is 0 Å². The molecule has 2 rings (SSSR count). The lowest BCUT2D eigenvalue weighted by Crippen LogP contribution is -2.07. The monoisotopic (exact) mass is 339 g/mol. The molecule has 1 aromatic carbocycles. The number of benzene rings is 1. The minimum Gasteiger partial charge on any atom is -0.376 e. The van der Waals surface area contributed by atoms with Crippen LogP contribution in [0.15, 0.2) is 21.3 Å². The van der Waals surface area contributed by atoms with Crippen molar-refractivity contribution in [3.8, 4) is 0 Å². The predicted octanol–water partition coefficient (Wildman–Crippen LogP) is 4.68. The maximum absolute atomic E-state index is 13.3. The zero-order valence-corrected chi connectivity index (χ0v) is 11.1. The molecule has 0 radical (unpaired) electrons. The third kappa shape index (κ3) is 2.51. The zero-order chi connectivity index (χ0) is 13.3. The van der Waals surface area contributed by atoms with E-state index in [-0.39, 0.29) is 12.6 Å². The molecule has 0 spiro atoms. The first kappa shape index (κ1) is 13.4. The molecule has 18 heavy (non-hydrogen) atoms. The van der Waals surface area contributed by atoms with E-state index in [0.29, 0.717) is 0 Å². The van der Waals surface area contributed by atoms with E-state index in [9.17, 15) is 17.6 Å². The van der Waals surface area contributed by atoms with E-state index in [1.807, 2.05) is 0 Å². The van der Waals surface area contributed by atoms with Crippen LogP contribution in [0.1, 0.15) is 5.56 Å². The van der Waals surface area contributed by atoms with Gasteiger partial charge in [0.1, 0.15) is 5.69 Å². The Morgan fingerprint density at radius 2 is 1.67 bits per heavy atom. The minimum atomic E-state index is -1.43. The number of hydrogen-bond donors (Lipinski definition) is 1.